The number of hydrogen-bond donors (Lipinski definition) is 3. The average Bonchev–Trinajstić information content (AvgIpc) is 3.00. The Hall–Kier alpha value is -1.74. The quantitative estimate of drug-likeness (QED) is 0.245. The third-order valence-electron chi connectivity index (χ3n) is 6.48. The first-order chi connectivity index (χ1) is 12.6. The molecule has 8 nitrogen and oxygen atoms in total. The third kappa shape index (κ3) is 3.00. The maximum Gasteiger partial charge on any atom is 0.338 e. The van der Waals surface area contributed by atoms with Crippen molar-refractivity contribution in [2.75, 3.05) is 33.4 Å². The van der Waals surface area contributed by atoms with Crippen molar-refractivity contribution in [2.24, 2.45) is 5.92 Å². The van der Waals surface area contributed by atoms with Crippen molar-refractivity contribution >= 4 is 11.9 Å². The van der Waals surface area contributed by atoms with Gasteiger partial charge in [0.25, 0.3) is 5.72 Å². The molecule has 3 heterocycles. The molecule has 0 spiro atoms. The zero-order valence-corrected chi connectivity index (χ0v) is 16.0. The molecule has 8 heteroatoms. The molecule has 27 heavy (non-hydrogen) atoms. The van der Waals surface area contributed by atoms with Crippen molar-refractivity contribution in [3.63, 3.8) is 0 Å². The number of aliphatic hydroxyl groups excluding tert-OH is 1. The molecule has 0 radical (unpaired) electrons. The van der Waals surface area contributed by atoms with Gasteiger partial charge in [0.15, 0.2) is 11.7 Å². The first kappa shape index (κ1) is 20.0. The average molecular weight is 382 g/mol. The van der Waals surface area contributed by atoms with Crippen LogP contribution in [0.1, 0.15) is 26.7 Å². The summed E-state index contributed by atoms with van der Waals surface area (Å²) in [4.78, 5) is 25.2. The van der Waals surface area contributed by atoms with Crippen molar-refractivity contribution in [1.29, 1.82) is 0 Å². The molecule has 1 unspecified atom stereocenters. The molecule has 0 aromatic heterocycles. The summed E-state index contributed by atoms with van der Waals surface area (Å²) in [6.45, 7) is 3.56. The van der Waals surface area contributed by atoms with Crippen LogP contribution in [0.5, 0.6) is 0 Å². The van der Waals surface area contributed by atoms with E-state index in [1.807, 2.05) is 13.1 Å². The van der Waals surface area contributed by atoms with Gasteiger partial charge in [-0.3, -0.25) is 4.48 Å². The van der Waals surface area contributed by atoms with Gasteiger partial charge in [0, 0.05) is 12.0 Å². The van der Waals surface area contributed by atoms with Crippen LogP contribution in [0.25, 0.3) is 0 Å². The normalized spacial score (nSPS) is 44.1. The first-order valence-corrected chi connectivity index (χ1v) is 9.23. The van der Waals surface area contributed by atoms with Crippen LogP contribution in [0.15, 0.2) is 23.3 Å². The highest BCUT2D eigenvalue weighted by Gasteiger charge is 2.65. The van der Waals surface area contributed by atoms with Gasteiger partial charge in [0.05, 0.1) is 25.8 Å². The monoisotopic (exact) mass is 382 g/mol. The predicted molar refractivity (Wildman–Crippen MR) is 94.0 cm³/mol. The van der Waals surface area contributed by atoms with Gasteiger partial charge in [-0.15, -0.1) is 0 Å². The molecule has 0 bridgehead atoms. The summed E-state index contributed by atoms with van der Waals surface area (Å²) in [7, 11) is 1.87. The van der Waals surface area contributed by atoms with E-state index in [1.54, 1.807) is 6.92 Å². The number of nitrogens with zero attached hydrogens (tertiary/aromatic N) is 1. The number of likely N-dealkylation sites (N-methyl/N-ethyl adjacent to an activating group) is 1. The SMILES string of the molecule is C[C@@H]1CC(=CCO)C(=O)O[C@@H]2CC[N+]3(C)CC=C(COC(=O)[C@]1(C)O)[C@]23O. The highest BCUT2D eigenvalue weighted by atomic mass is 16.6. The second-order valence-electron chi connectivity index (χ2n) is 8.18. The molecule has 0 saturated carbocycles. The molecule has 3 aliphatic rings. The lowest BCUT2D eigenvalue weighted by Gasteiger charge is -2.40. The Morgan fingerprint density at radius 1 is 1.37 bits per heavy atom. The number of quaternary nitrogens is 1. The maximum atomic E-state index is 12.7. The van der Waals surface area contributed by atoms with Crippen molar-refractivity contribution in [3.8, 4) is 0 Å². The number of ether oxygens (including phenoxy) is 2. The van der Waals surface area contributed by atoms with E-state index in [0.717, 1.165) is 0 Å². The number of hydrogen-bond acceptors (Lipinski definition) is 7. The van der Waals surface area contributed by atoms with Crippen LogP contribution in [0.3, 0.4) is 0 Å². The maximum absolute atomic E-state index is 12.7. The Morgan fingerprint density at radius 2 is 2.07 bits per heavy atom. The van der Waals surface area contributed by atoms with Crippen LogP contribution in [0, 0.1) is 5.92 Å². The zero-order valence-electron chi connectivity index (χ0n) is 16.0. The molecule has 0 aliphatic carbocycles. The summed E-state index contributed by atoms with van der Waals surface area (Å²) in [6.07, 6.45) is 2.84. The number of cyclic esters (lactones) is 1. The summed E-state index contributed by atoms with van der Waals surface area (Å²) in [5.74, 6) is -2.11. The lowest BCUT2D eigenvalue weighted by Crippen LogP contribution is -2.61. The topological polar surface area (TPSA) is 113 Å². The van der Waals surface area contributed by atoms with Crippen LogP contribution in [-0.2, 0) is 19.1 Å². The van der Waals surface area contributed by atoms with E-state index in [2.05, 4.69) is 0 Å². The minimum atomic E-state index is -1.83. The number of rotatable bonds is 1. The highest BCUT2D eigenvalue weighted by Crippen LogP contribution is 2.45. The summed E-state index contributed by atoms with van der Waals surface area (Å²) in [5.41, 5.74) is -2.67. The van der Waals surface area contributed by atoms with E-state index >= 15 is 0 Å². The second-order valence-corrected chi connectivity index (χ2v) is 8.18. The predicted octanol–water partition coefficient (Wildman–Crippen LogP) is -0.370. The number of carbonyl (C=O) groups excluding carboxylic acids is 2. The van der Waals surface area contributed by atoms with E-state index < -0.39 is 35.3 Å². The molecule has 3 rings (SSSR count). The Bertz CT molecular complexity index is 713. The summed E-state index contributed by atoms with van der Waals surface area (Å²) in [6, 6.07) is 0. The summed E-state index contributed by atoms with van der Waals surface area (Å²) < 4.78 is 11.2. The van der Waals surface area contributed by atoms with Gasteiger partial charge in [0.1, 0.15) is 13.2 Å². The Balaban J connectivity index is 2.01. The van der Waals surface area contributed by atoms with Crippen molar-refractivity contribution in [1.82, 2.24) is 0 Å². The lowest BCUT2D eigenvalue weighted by molar-refractivity contribution is -0.955. The van der Waals surface area contributed by atoms with E-state index in [9.17, 15) is 24.9 Å². The van der Waals surface area contributed by atoms with Gasteiger partial charge in [-0.1, -0.05) is 6.92 Å². The first-order valence-electron chi connectivity index (χ1n) is 9.23. The Labute approximate surface area is 158 Å². The standard InChI is InChI=1S/C19H28NO7/c1-12-10-13(6-9-21)16(22)27-15-5-8-20(3)7-4-14(19(15,20)25)11-26-17(23)18(12,2)24/h4,6,12,15,21,24-25H,5,7-11H2,1-3H3/q+1/t12-,15-,18-,19+,20?/m1/s1. The summed E-state index contributed by atoms with van der Waals surface area (Å²) >= 11 is 0. The Morgan fingerprint density at radius 3 is 2.74 bits per heavy atom. The van der Waals surface area contributed by atoms with Crippen LogP contribution in [0.4, 0.5) is 0 Å². The second kappa shape index (κ2) is 6.70. The molecular formula is C19H28NO7+. The van der Waals surface area contributed by atoms with Crippen LogP contribution < -0.4 is 0 Å². The molecule has 0 aromatic carbocycles. The van der Waals surface area contributed by atoms with Gasteiger partial charge in [0.2, 0.25) is 0 Å². The molecular weight excluding hydrogens is 354 g/mol. The van der Waals surface area contributed by atoms with E-state index in [-0.39, 0.29) is 29.7 Å². The minimum Gasteiger partial charge on any atom is -0.459 e. The molecule has 2 saturated heterocycles. The molecule has 2 fully saturated rings. The number of carbonyl (C=O) groups is 2. The van der Waals surface area contributed by atoms with Crippen LogP contribution >= 0.6 is 0 Å². The number of esters is 2. The van der Waals surface area contributed by atoms with Crippen molar-refractivity contribution < 1.29 is 38.9 Å². The molecule has 3 N–H and O–H groups in total. The van der Waals surface area contributed by atoms with Crippen molar-refractivity contribution in [3.05, 3.63) is 23.3 Å². The van der Waals surface area contributed by atoms with Gasteiger partial charge in [-0.2, -0.15) is 0 Å². The van der Waals surface area contributed by atoms with Crippen LogP contribution in [0.2, 0.25) is 0 Å². The smallest absolute Gasteiger partial charge is 0.338 e. The fraction of sp³-hybridized carbons (Fsp3) is 0.684. The van der Waals surface area contributed by atoms with E-state index in [4.69, 9.17) is 9.47 Å². The van der Waals surface area contributed by atoms with Gasteiger partial charge < -0.3 is 24.8 Å². The van der Waals surface area contributed by atoms with E-state index in [0.29, 0.717) is 25.1 Å². The van der Waals surface area contributed by atoms with Crippen LogP contribution in [-0.4, -0.2) is 82.5 Å². The molecule has 0 aromatic rings. The minimum absolute atomic E-state index is 0.0292. The van der Waals surface area contributed by atoms with Gasteiger partial charge in [-0.05, 0) is 31.4 Å². The van der Waals surface area contributed by atoms with E-state index in [1.165, 1.54) is 13.0 Å². The molecule has 3 aliphatic heterocycles. The van der Waals surface area contributed by atoms with Gasteiger partial charge >= 0.3 is 11.9 Å². The zero-order chi connectivity index (χ0) is 20.0. The number of aliphatic hydroxyl groups is 3. The Kier molecular flexibility index (Phi) is 4.96. The largest absolute Gasteiger partial charge is 0.459 e. The van der Waals surface area contributed by atoms with Crippen molar-refractivity contribution in [2.45, 2.75) is 44.1 Å². The third-order valence-corrected chi connectivity index (χ3v) is 6.48. The fourth-order valence-electron chi connectivity index (χ4n) is 4.26. The molecule has 0 amide bonds. The lowest BCUT2D eigenvalue weighted by atomic mass is 9.85. The molecule has 5 atom stereocenters. The highest BCUT2D eigenvalue weighted by molar-refractivity contribution is 5.89. The fourth-order valence-corrected chi connectivity index (χ4v) is 4.26. The van der Waals surface area contributed by atoms with Gasteiger partial charge in [-0.25, -0.2) is 9.59 Å². The summed E-state index contributed by atoms with van der Waals surface area (Å²) in [5, 5.41) is 31.4. The molecule has 150 valence electrons.